The van der Waals surface area contributed by atoms with Gasteiger partial charge in [0.25, 0.3) is 0 Å². The fraction of sp³-hybridized carbons (Fsp3) is 0.538. The number of nitrogens with zero attached hydrogens (tertiary/aromatic N) is 1. The number of aromatic hydroxyl groups is 1. The van der Waals surface area contributed by atoms with Crippen molar-refractivity contribution in [3.05, 3.63) is 29.6 Å². The van der Waals surface area contributed by atoms with Crippen LogP contribution in [0.25, 0.3) is 0 Å². The van der Waals surface area contributed by atoms with E-state index in [1.165, 1.54) is 6.07 Å². The predicted octanol–water partition coefficient (Wildman–Crippen LogP) is 3.15. The molecule has 90 valence electrons. The lowest BCUT2D eigenvalue weighted by atomic mass is 10.1. The quantitative estimate of drug-likeness (QED) is 0.832. The third-order valence-electron chi connectivity index (χ3n) is 2.57. The van der Waals surface area contributed by atoms with Gasteiger partial charge in [0.2, 0.25) is 0 Å². The van der Waals surface area contributed by atoms with Crippen LogP contribution in [0.1, 0.15) is 32.8 Å². The van der Waals surface area contributed by atoms with Crippen molar-refractivity contribution in [1.82, 2.24) is 4.90 Å². The van der Waals surface area contributed by atoms with Gasteiger partial charge < -0.3 is 5.11 Å². The van der Waals surface area contributed by atoms with Crippen molar-refractivity contribution in [1.29, 1.82) is 0 Å². The first kappa shape index (κ1) is 13.0. The van der Waals surface area contributed by atoms with Gasteiger partial charge in [-0.1, -0.05) is 6.92 Å². The topological polar surface area (TPSA) is 23.5 Å². The zero-order valence-corrected chi connectivity index (χ0v) is 10.2. The van der Waals surface area contributed by atoms with Crippen LogP contribution in [-0.4, -0.2) is 22.6 Å². The number of hydrogen-bond donors (Lipinski definition) is 1. The summed E-state index contributed by atoms with van der Waals surface area (Å²) in [6, 6.07) is 4.65. The maximum atomic E-state index is 13.1. The lowest BCUT2D eigenvalue weighted by molar-refractivity contribution is 0.213. The molecule has 1 N–H and O–H groups in total. The minimum atomic E-state index is -0.379. The second-order valence-corrected chi connectivity index (χ2v) is 4.38. The summed E-state index contributed by atoms with van der Waals surface area (Å²) in [5.74, 6) is -0.384. The summed E-state index contributed by atoms with van der Waals surface area (Å²) in [7, 11) is 0. The fourth-order valence-electron chi connectivity index (χ4n) is 1.77. The minimum Gasteiger partial charge on any atom is -0.508 e. The first-order valence-electron chi connectivity index (χ1n) is 5.75. The van der Waals surface area contributed by atoms with Crippen molar-refractivity contribution >= 4 is 0 Å². The van der Waals surface area contributed by atoms with Gasteiger partial charge in [0.05, 0.1) is 0 Å². The molecule has 16 heavy (non-hydrogen) atoms. The zero-order valence-electron chi connectivity index (χ0n) is 10.2. The molecule has 3 heteroatoms. The van der Waals surface area contributed by atoms with Crippen LogP contribution in [0.15, 0.2) is 18.2 Å². The van der Waals surface area contributed by atoms with Gasteiger partial charge in [-0.05, 0) is 44.5 Å². The molecule has 0 aromatic heterocycles. The van der Waals surface area contributed by atoms with E-state index in [2.05, 4.69) is 25.7 Å². The molecule has 0 fully saturated rings. The van der Waals surface area contributed by atoms with E-state index >= 15 is 0 Å². The Hall–Kier alpha value is -1.09. The Morgan fingerprint density at radius 2 is 2.00 bits per heavy atom. The Balaban J connectivity index is 2.76. The average molecular weight is 225 g/mol. The largest absolute Gasteiger partial charge is 0.508 e. The highest BCUT2D eigenvalue weighted by Crippen LogP contribution is 2.17. The second-order valence-electron chi connectivity index (χ2n) is 4.38. The van der Waals surface area contributed by atoms with Gasteiger partial charge >= 0.3 is 0 Å². The highest BCUT2D eigenvalue weighted by molar-refractivity contribution is 5.28. The third-order valence-corrected chi connectivity index (χ3v) is 2.57. The Bertz CT molecular complexity index is 318. The van der Waals surface area contributed by atoms with E-state index in [1.54, 1.807) is 6.07 Å². The van der Waals surface area contributed by atoms with Crippen LogP contribution >= 0.6 is 0 Å². The van der Waals surface area contributed by atoms with Crippen molar-refractivity contribution < 1.29 is 9.50 Å². The summed E-state index contributed by atoms with van der Waals surface area (Å²) >= 11 is 0. The van der Waals surface area contributed by atoms with E-state index in [1.807, 2.05) is 0 Å². The van der Waals surface area contributed by atoms with E-state index in [4.69, 9.17) is 0 Å². The van der Waals surface area contributed by atoms with Gasteiger partial charge in [-0.3, -0.25) is 4.90 Å². The van der Waals surface area contributed by atoms with Gasteiger partial charge in [-0.2, -0.15) is 0 Å². The number of hydrogen-bond acceptors (Lipinski definition) is 2. The first-order chi connectivity index (χ1) is 7.52. The third kappa shape index (κ3) is 3.81. The summed E-state index contributed by atoms with van der Waals surface area (Å²) in [5, 5.41) is 9.32. The number of phenols is 1. The number of benzene rings is 1. The molecule has 0 aliphatic rings. The Labute approximate surface area is 96.7 Å². The van der Waals surface area contributed by atoms with E-state index in [0.29, 0.717) is 12.6 Å². The number of rotatable bonds is 5. The Morgan fingerprint density at radius 3 is 2.50 bits per heavy atom. The van der Waals surface area contributed by atoms with Crippen molar-refractivity contribution in [3.8, 4) is 5.75 Å². The smallest absolute Gasteiger partial charge is 0.127 e. The molecule has 0 amide bonds. The van der Waals surface area contributed by atoms with Crippen molar-refractivity contribution in [2.24, 2.45) is 0 Å². The van der Waals surface area contributed by atoms with E-state index < -0.39 is 0 Å². The molecule has 0 heterocycles. The first-order valence-corrected chi connectivity index (χ1v) is 5.75. The second kappa shape index (κ2) is 5.85. The lowest BCUT2D eigenvalue weighted by Gasteiger charge is -2.26. The molecule has 1 rings (SSSR count). The highest BCUT2D eigenvalue weighted by Gasteiger charge is 2.10. The van der Waals surface area contributed by atoms with Crippen LogP contribution in [0.3, 0.4) is 0 Å². The van der Waals surface area contributed by atoms with Crippen LogP contribution in [0.5, 0.6) is 5.75 Å². The van der Waals surface area contributed by atoms with Gasteiger partial charge in [0.1, 0.15) is 11.6 Å². The lowest BCUT2D eigenvalue weighted by Crippen LogP contribution is -2.31. The predicted molar refractivity (Wildman–Crippen MR) is 63.9 cm³/mol. The maximum Gasteiger partial charge on any atom is 0.127 e. The van der Waals surface area contributed by atoms with E-state index in [-0.39, 0.29) is 11.6 Å². The maximum absolute atomic E-state index is 13.1. The molecule has 0 spiro atoms. The highest BCUT2D eigenvalue weighted by atomic mass is 19.1. The number of phenolic OH excluding ortho intramolecular Hbond substituents is 1. The SMILES string of the molecule is CCCN(Cc1cc(O)cc(F)c1)C(C)C. The molecular formula is C13H20FNO. The minimum absolute atomic E-state index is 0.00444. The van der Waals surface area contributed by atoms with Crippen molar-refractivity contribution in [3.63, 3.8) is 0 Å². The molecule has 2 nitrogen and oxygen atoms in total. The fourth-order valence-corrected chi connectivity index (χ4v) is 1.77. The van der Waals surface area contributed by atoms with Crippen LogP contribution in [0.2, 0.25) is 0 Å². The summed E-state index contributed by atoms with van der Waals surface area (Å²) in [6.07, 6.45) is 1.07. The summed E-state index contributed by atoms with van der Waals surface area (Å²) in [5.41, 5.74) is 0.819. The van der Waals surface area contributed by atoms with E-state index in [9.17, 15) is 9.50 Å². The van der Waals surface area contributed by atoms with Crippen LogP contribution in [-0.2, 0) is 6.54 Å². The van der Waals surface area contributed by atoms with Gasteiger partial charge in [-0.15, -0.1) is 0 Å². The van der Waals surface area contributed by atoms with Gasteiger partial charge in [0, 0.05) is 18.7 Å². The van der Waals surface area contributed by atoms with E-state index in [0.717, 1.165) is 24.6 Å². The molecule has 0 aliphatic carbocycles. The molecule has 0 saturated carbocycles. The van der Waals surface area contributed by atoms with Crippen LogP contribution < -0.4 is 0 Å². The Kier molecular flexibility index (Phi) is 4.74. The van der Waals surface area contributed by atoms with Crippen LogP contribution in [0, 0.1) is 5.82 Å². The molecule has 0 atom stereocenters. The van der Waals surface area contributed by atoms with Crippen LogP contribution in [0.4, 0.5) is 4.39 Å². The molecule has 1 aromatic rings. The normalized spacial score (nSPS) is 11.4. The van der Waals surface area contributed by atoms with Crippen molar-refractivity contribution in [2.45, 2.75) is 39.8 Å². The summed E-state index contributed by atoms with van der Waals surface area (Å²) < 4.78 is 13.1. The van der Waals surface area contributed by atoms with Crippen molar-refractivity contribution in [2.75, 3.05) is 6.54 Å². The summed E-state index contributed by atoms with van der Waals surface area (Å²) in [4.78, 5) is 2.26. The average Bonchev–Trinajstić information content (AvgIpc) is 2.15. The monoisotopic (exact) mass is 225 g/mol. The molecular weight excluding hydrogens is 205 g/mol. The molecule has 0 aliphatic heterocycles. The van der Waals surface area contributed by atoms with Gasteiger partial charge in [-0.25, -0.2) is 4.39 Å². The zero-order chi connectivity index (χ0) is 12.1. The summed E-state index contributed by atoms with van der Waals surface area (Å²) in [6.45, 7) is 8.02. The molecule has 0 saturated heterocycles. The molecule has 0 bridgehead atoms. The molecule has 0 unspecified atom stereocenters. The van der Waals surface area contributed by atoms with Gasteiger partial charge in [0.15, 0.2) is 0 Å². The molecule has 0 radical (unpaired) electrons. The molecule has 1 aromatic carbocycles. The number of halogens is 1. The standard InChI is InChI=1S/C13H20FNO/c1-4-5-15(10(2)3)9-11-6-12(14)8-13(16)7-11/h6-8,10,16H,4-5,9H2,1-3H3. The Morgan fingerprint density at radius 1 is 1.31 bits per heavy atom.